The third-order valence-electron chi connectivity index (χ3n) is 6.49. The lowest BCUT2D eigenvalue weighted by atomic mass is 9.60. The van der Waals surface area contributed by atoms with Crippen molar-refractivity contribution in [2.75, 3.05) is 43.9 Å². The van der Waals surface area contributed by atoms with Gasteiger partial charge in [-0.15, -0.1) is 11.8 Å². The van der Waals surface area contributed by atoms with Gasteiger partial charge in [0, 0.05) is 68.6 Å². The molecule has 8 heteroatoms. The molecule has 7 nitrogen and oxygen atoms in total. The number of hydrogen-bond acceptors (Lipinski definition) is 8. The predicted molar refractivity (Wildman–Crippen MR) is 132 cm³/mol. The van der Waals surface area contributed by atoms with E-state index in [0.717, 1.165) is 30.5 Å². The number of anilines is 1. The Kier molecular flexibility index (Phi) is 9.04. The molecule has 0 bridgehead atoms. The van der Waals surface area contributed by atoms with Gasteiger partial charge in [-0.05, 0) is 37.0 Å². The van der Waals surface area contributed by atoms with Crippen LogP contribution < -0.4 is 16.0 Å². The lowest BCUT2D eigenvalue weighted by Gasteiger charge is -2.59. The first-order chi connectivity index (χ1) is 15.6. The molecule has 1 atom stereocenters. The van der Waals surface area contributed by atoms with E-state index >= 15 is 0 Å². The third-order valence-corrected chi connectivity index (χ3v) is 7.17. The molecule has 2 heterocycles. The maximum atomic E-state index is 8.00. The van der Waals surface area contributed by atoms with Gasteiger partial charge in [0.25, 0.3) is 0 Å². The number of likely N-dealkylation sites (tertiary alicyclic amines) is 1. The number of carbonyl (C=O) groups excluding carboxylic acids is 1. The molecule has 32 heavy (non-hydrogen) atoms. The van der Waals surface area contributed by atoms with E-state index in [1.807, 2.05) is 25.4 Å². The maximum absolute atomic E-state index is 8.00. The van der Waals surface area contributed by atoms with Gasteiger partial charge in [0.1, 0.15) is 6.79 Å². The summed E-state index contributed by atoms with van der Waals surface area (Å²) in [6, 6.07) is 11.7. The van der Waals surface area contributed by atoms with Crippen LogP contribution in [-0.2, 0) is 11.3 Å². The van der Waals surface area contributed by atoms with Crippen LogP contribution >= 0.6 is 11.8 Å². The topological polar surface area (TPSA) is 87.4 Å². The van der Waals surface area contributed by atoms with E-state index in [-0.39, 0.29) is 6.04 Å². The van der Waals surface area contributed by atoms with Crippen molar-refractivity contribution in [1.82, 2.24) is 20.2 Å². The van der Waals surface area contributed by atoms with E-state index in [9.17, 15) is 0 Å². The molecule has 1 saturated heterocycles. The van der Waals surface area contributed by atoms with E-state index in [0.29, 0.717) is 18.0 Å². The summed E-state index contributed by atoms with van der Waals surface area (Å²) in [4.78, 5) is 23.0. The average Bonchev–Trinajstić information content (AvgIpc) is 2.80. The van der Waals surface area contributed by atoms with Gasteiger partial charge in [-0.3, -0.25) is 4.90 Å². The number of thioether (sulfide) groups is 1. The van der Waals surface area contributed by atoms with Crippen LogP contribution in [0, 0.1) is 5.41 Å². The van der Waals surface area contributed by atoms with Crippen LogP contribution in [0.4, 0.5) is 5.95 Å². The molecule has 0 radical (unpaired) electrons. The Hall–Kier alpha value is -2.00. The summed E-state index contributed by atoms with van der Waals surface area (Å²) in [5.74, 6) is 0.771. The molecular weight excluding hydrogens is 420 g/mol. The molecule has 1 aliphatic heterocycles. The second-order valence-corrected chi connectivity index (χ2v) is 9.77. The minimum absolute atomic E-state index is 0.220. The van der Waals surface area contributed by atoms with E-state index in [4.69, 9.17) is 10.5 Å². The summed E-state index contributed by atoms with van der Waals surface area (Å²) in [6.45, 7) is 10.1. The van der Waals surface area contributed by atoms with Crippen LogP contribution in [0.2, 0.25) is 0 Å². The monoisotopic (exact) mass is 456 g/mol. The number of aromatic nitrogens is 2. The molecule has 2 aliphatic rings. The normalized spacial score (nSPS) is 18.2. The SMILES string of the molecule is C=O.CSc1cnc(N(CCNC2CC3(C2)CN(Cc2ccccc2)C3)C(C)CN)nc1. The fourth-order valence-corrected chi connectivity index (χ4v) is 5.16. The van der Waals surface area contributed by atoms with Gasteiger partial charge in [-0.2, -0.15) is 0 Å². The Balaban J connectivity index is 0.00000141. The highest BCUT2D eigenvalue weighted by atomic mass is 32.2. The summed E-state index contributed by atoms with van der Waals surface area (Å²) in [5, 5.41) is 3.75. The van der Waals surface area contributed by atoms with Crippen molar-refractivity contribution < 1.29 is 4.79 Å². The van der Waals surface area contributed by atoms with Crippen LogP contribution in [0.5, 0.6) is 0 Å². The van der Waals surface area contributed by atoms with Crippen molar-refractivity contribution in [1.29, 1.82) is 0 Å². The fraction of sp³-hybridized carbons (Fsp3) is 0.542. The lowest BCUT2D eigenvalue weighted by molar-refractivity contribution is -0.0980. The summed E-state index contributed by atoms with van der Waals surface area (Å²) >= 11 is 1.66. The molecule has 3 N–H and O–H groups in total. The number of nitrogens with two attached hydrogens (primary N) is 1. The van der Waals surface area contributed by atoms with Crippen LogP contribution in [0.1, 0.15) is 25.3 Å². The number of hydrogen-bond donors (Lipinski definition) is 2. The van der Waals surface area contributed by atoms with Crippen LogP contribution in [0.3, 0.4) is 0 Å². The lowest BCUT2D eigenvalue weighted by Crippen LogP contribution is -2.65. The zero-order valence-electron chi connectivity index (χ0n) is 19.2. The van der Waals surface area contributed by atoms with Gasteiger partial charge in [0.05, 0.1) is 0 Å². The summed E-state index contributed by atoms with van der Waals surface area (Å²) in [6.07, 6.45) is 8.42. The van der Waals surface area contributed by atoms with Gasteiger partial charge in [0.2, 0.25) is 5.95 Å². The first kappa shape index (κ1) is 24.6. The minimum Gasteiger partial charge on any atom is -0.336 e. The Labute approximate surface area is 196 Å². The molecule has 2 aromatic rings. The molecule has 4 rings (SSSR count). The quantitative estimate of drug-likeness (QED) is 0.527. The third kappa shape index (κ3) is 6.07. The van der Waals surface area contributed by atoms with Crippen molar-refractivity contribution in [3.63, 3.8) is 0 Å². The summed E-state index contributed by atoms with van der Waals surface area (Å²) in [5.41, 5.74) is 7.92. The van der Waals surface area contributed by atoms with Crippen molar-refractivity contribution in [3.8, 4) is 0 Å². The van der Waals surface area contributed by atoms with Crippen LogP contribution in [0.25, 0.3) is 0 Å². The Morgan fingerprint density at radius 1 is 1.25 bits per heavy atom. The molecule has 1 saturated carbocycles. The predicted octanol–water partition coefficient (Wildman–Crippen LogP) is 2.42. The zero-order valence-corrected chi connectivity index (χ0v) is 20.1. The van der Waals surface area contributed by atoms with Crippen molar-refractivity contribution in [2.24, 2.45) is 11.1 Å². The molecule has 1 aromatic carbocycles. The zero-order chi connectivity index (χ0) is 23.0. The smallest absolute Gasteiger partial charge is 0.225 e. The second-order valence-electron chi connectivity index (χ2n) is 8.89. The van der Waals surface area contributed by atoms with Crippen molar-refractivity contribution in [3.05, 3.63) is 48.3 Å². The van der Waals surface area contributed by atoms with E-state index < -0.39 is 0 Å². The first-order valence-electron chi connectivity index (χ1n) is 11.2. The molecule has 1 aromatic heterocycles. The summed E-state index contributed by atoms with van der Waals surface area (Å²) < 4.78 is 0. The molecule has 0 amide bonds. The van der Waals surface area contributed by atoms with Crippen molar-refractivity contribution >= 4 is 24.5 Å². The molecule has 174 valence electrons. The number of rotatable bonds is 10. The largest absolute Gasteiger partial charge is 0.336 e. The molecule has 2 fully saturated rings. The Morgan fingerprint density at radius 3 is 2.50 bits per heavy atom. The standard InChI is InChI=1S/C23H34N6S.CH2O/c1-18(12-24)29(22-26-13-21(30-2)14-27-22)9-8-25-20-10-23(11-20)16-28(17-23)15-19-6-4-3-5-7-19;1-2/h3-7,13-14,18,20,25H,8-12,15-17,24H2,1-2H3;1H2. The van der Waals surface area contributed by atoms with Crippen LogP contribution in [-0.4, -0.2) is 72.7 Å². The van der Waals surface area contributed by atoms with Gasteiger partial charge in [0.15, 0.2) is 0 Å². The first-order valence-corrected chi connectivity index (χ1v) is 12.4. The number of nitrogens with one attached hydrogen (secondary N) is 1. The van der Waals surface area contributed by atoms with Crippen LogP contribution in [0.15, 0.2) is 47.6 Å². The van der Waals surface area contributed by atoms with Gasteiger partial charge < -0.3 is 20.7 Å². The fourth-order valence-electron chi connectivity index (χ4n) is 4.84. The Morgan fingerprint density at radius 2 is 1.91 bits per heavy atom. The maximum Gasteiger partial charge on any atom is 0.225 e. The van der Waals surface area contributed by atoms with E-state index in [1.165, 1.54) is 31.5 Å². The summed E-state index contributed by atoms with van der Waals surface area (Å²) in [7, 11) is 0. The van der Waals surface area contributed by atoms with E-state index in [1.54, 1.807) is 11.8 Å². The van der Waals surface area contributed by atoms with Gasteiger partial charge in [-0.25, -0.2) is 9.97 Å². The molecular formula is C24H36N6OS. The number of carbonyl (C=O) groups is 1. The Bertz CT molecular complexity index is 807. The van der Waals surface area contributed by atoms with E-state index in [2.05, 4.69) is 62.3 Å². The highest BCUT2D eigenvalue weighted by Crippen LogP contribution is 2.48. The van der Waals surface area contributed by atoms with Gasteiger partial charge >= 0.3 is 0 Å². The molecule has 1 aliphatic carbocycles. The molecule has 1 spiro atoms. The average molecular weight is 457 g/mol. The second kappa shape index (κ2) is 11.7. The number of nitrogens with zero attached hydrogens (tertiary/aromatic N) is 4. The van der Waals surface area contributed by atoms with Gasteiger partial charge in [-0.1, -0.05) is 30.3 Å². The number of benzene rings is 1. The van der Waals surface area contributed by atoms with Crippen molar-refractivity contribution in [2.45, 2.75) is 43.3 Å². The minimum atomic E-state index is 0.220. The highest BCUT2D eigenvalue weighted by Gasteiger charge is 2.51. The molecule has 1 unspecified atom stereocenters. The highest BCUT2D eigenvalue weighted by molar-refractivity contribution is 7.98.